The largest absolute Gasteiger partial charge is 0.394 e. The van der Waals surface area contributed by atoms with E-state index in [0.29, 0.717) is 12.8 Å². The molecular formula is C43H83NO8. The van der Waals surface area contributed by atoms with Gasteiger partial charge in [-0.1, -0.05) is 167 Å². The quantitative estimate of drug-likeness (QED) is 0.0277. The lowest BCUT2D eigenvalue weighted by molar-refractivity contribution is -0.302. The second-order valence-electron chi connectivity index (χ2n) is 15.5. The minimum atomic E-state index is -1.55. The molecule has 0 aromatic carbocycles. The SMILES string of the molecule is CCCCCCCC/C=C\CCCCCCCC(=O)NC(COC1OC(CO)C(O)C(O)C1O)C(O)CCCCCCCCCCCCCCCC. The van der Waals surface area contributed by atoms with Crippen molar-refractivity contribution < 1.29 is 39.8 Å². The maximum Gasteiger partial charge on any atom is 0.220 e. The molecule has 1 heterocycles. The van der Waals surface area contributed by atoms with Crippen LogP contribution in [0, 0.1) is 0 Å². The molecular weight excluding hydrogens is 658 g/mol. The summed E-state index contributed by atoms with van der Waals surface area (Å²) < 4.78 is 11.2. The van der Waals surface area contributed by atoms with E-state index in [0.717, 1.165) is 51.4 Å². The first-order chi connectivity index (χ1) is 25.3. The van der Waals surface area contributed by atoms with Crippen molar-refractivity contribution in [2.45, 2.75) is 243 Å². The van der Waals surface area contributed by atoms with E-state index < -0.39 is 49.5 Å². The molecule has 7 atom stereocenters. The third kappa shape index (κ3) is 25.1. The number of aliphatic hydroxyl groups excluding tert-OH is 5. The molecule has 0 spiro atoms. The van der Waals surface area contributed by atoms with Gasteiger partial charge in [-0.2, -0.15) is 0 Å². The molecule has 0 aromatic rings. The number of hydrogen-bond acceptors (Lipinski definition) is 8. The Morgan fingerprint density at radius 2 is 1.08 bits per heavy atom. The van der Waals surface area contributed by atoms with Gasteiger partial charge in [0, 0.05) is 6.42 Å². The topological polar surface area (TPSA) is 149 Å². The Hall–Kier alpha value is -1.07. The Labute approximate surface area is 318 Å². The summed E-state index contributed by atoms with van der Waals surface area (Å²) in [6.45, 7) is 3.82. The number of ether oxygens (including phenoxy) is 2. The molecule has 1 amide bonds. The van der Waals surface area contributed by atoms with Gasteiger partial charge in [-0.3, -0.25) is 4.79 Å². The first kappa shape index (κ1) is 48.9. The molecule has 0 saturated carbocycles. The van der Waals surface area contributed by atoms with E-state index in [4.69, 9.17) is 9.47 Å². The number of allylic oxidation sites excluding steroid dienone is 2. The predicted molar refractivity (Wildman–Crippen MR) is 212 cm³/mol. The zero-order chi connectivity index (χ0) is 38.1. The van der Waals surface area contributed by atoms with Crippen molar-refractivity contribution in [1.82, 2.24) is 5.32 Å². The third-order valence-corrected chi connectivity index (χ3v) is 10.6. The van der Waals surface area contributed by atoms with Crippen LogP contribution in [0.2, 0.25) is 0 Å². The van der Waals surface area contributed by atoms with Crippen molar-refractivity contribution in [3.05, 3.63) is 12.2 Å². The Morgan fingerprint density at radius 1 is 0.635 bits per heavy atom. The van der Waals surface area contributed by atoms with Gasteiger partial charge in [0.15, 0.2) is 6.29 Å². The van der Waals surface area contributed by atoms with Crippen LogP contribution in [-0.4, -0.2) is 87.5 Å². The number of aliphatic hydroxyl groups is 5. The molecule has 52 heavy (non-hydrogen) atoms. The molecule has 7 unspecified atom stereocenters. The summed E-state index contributed by atoms with van der Waals surface area (Å²) in [6.07, 6.45) is 30.7. The van der Waals surface area contributed by atoms with E-state index in [1.54, 1.807) is 0 Å². The first-order valence-corrected chi connectivity index (χ1v) is 21.9. The Balaban J connectivity index is 2.36. The van der Waals surface area contributed by atoms with E-state index in [2.05, 4.69) is 31.3 Å². The van der Waals surface area contributed by atoms with Gasteiger partial charge in [-0.05, 0) is 38.5 Å². The fourth-order valence-corrected chi connectivity index (χ4v) is 7.04. The van der Waals surface area contributed by atoms with E-state index >= 15 is 0 Å². The second kappa shape index (κ2) is 34.4. The molecule has 0 bridgehead atoms. The highest BCUT2D eigenvalue weighted by atomic mass is 16.7. The zero-order valence-corrected chi connectivity index (χ0v) is 33.6. The Morgan fingerprint density at radius 3 is 1.56 bits per heavy atom. The summed E-state index contributed by atoms with van der Waals surface area (Å²) in [4.78, 5) is 12.9. The van der Waals surface area contributed by atoms with Gasteiger partial charge >= 0.3 is 0 Å². The summed E-state index contributed by atoms with van der Waals surface area (Å²) in [5, 5.41) is 54.2. The van der Waals surface area contributed by atoms with E-state index in [1.165, 1.54) is 122 Å². The van der Waals surface area contributed by atoms with Crippen molar-refractivity contribution >= 4 is 5.91 Å². The monoisotopic (exact) mass is 742 g/mol. The van der Waals surface area contributed by atoms with Gasteiger partial charge in [0.05, 0.1) is 25.4 Å². The van der Waals surface area contributed by atoms with Gasteiger partial charge in [0.1, 0.15) is 24.4 Å². The highest BCUT2D eigenvalue weighted by Gasteiger charge is 2.44. The van der Waals surface area contributed by atoms with E-state index in [9.17, 15) is 30.3 Å². The van der Waals surface area contributed by atoms with Crippen LogP contribution in [0.4, 0.5) is 0 Å². The molecule has 0 radical (unpaired) electrons. The van der Waals surface area contributed by atoms with Crippen LogP contribution in [-0.2, 0) is 14.3 Å². The Kier molecular flexibility index (Phi) is 32.4. The van der Waals surface area contributed by atoms with Gasteiger partial charge in [-0.15, -0.1) is 0 Å². The number of nitrogens with one attached hydrogen (secondary N) is 1. The van der Waals surface area contributed by atoms with Gasteiger partial charge in [0.25, 0.3) is 0 Å². The molecule has 9 nitrogen and oxygen atoms in total. The molecule has 9 heteroatoms. The summed E-state index contributed by atoms with van der Waals surface area (Å²) >= 11 is 0. The molecule has 0 aromatic heterocycles. The fraction of sp³-hybridized carbons (Fsp3) is 0.930. The van der Waals surface area contributed by atoms with Crippen molar-refractivity contribution in [3.63, 3.8) is 0 Å². The number of unbranched alkanes of at least 4 members (excludes halogenated alkanes) is 24. The predicted octanol–water partition coefficient (Wildman–Crippen LogP) is 8.56. The standard InChI is InChI=1S/C43H83NO8/c1-3-5-7-9-11-13-15-17-19-21-23-25-27-29-31-33-39(47)44-36(35-51-43-42(50)41(49)40(48)38(34-45)52-43)37(46)32-30-28-26-24-22-20-18-16-14-12-10-8-6-4-2/h17,19,36-38,40-43,45-46,48-50H,3-16,18,20-35H2,1-2H3,(H,44,47)/b19-17-. The number of rotatable bonds is 36. The lowest BCUT2D eigenvalue weighted by atomic mass is 9.99. The van der Waals surface area contributed by atoms with Crippen LogP contribution in [0.5, 0.6) is 0 Å². The Bertz CT molecular complexity index is 827. The fourth-order valence-electron chi connectivity index (χ4n) is 7.04. The molecule has 0 aliphatic carbocycles. The average molecular weight is 742 g/mol. The minimum Gasteiger partial charge on any atom is -0.394 e. The molecule has 1 aliphatic heterocycles. The maximum atomic E-state index is 12.9. The number of amides is 1. The van der Waals surface area contributed by atoms with Crippen LogP contribution >= 0.6 is 0 Å². The number of carbonyl (C=O) groups excluding carboxylic acids is 1. The highest BCUT2D eigenvalue weighted by molar-refractivity contribution is 5.76. The smallest absolute Gasteiger partial charge is 0.220 e. The van der Waals surface area contributed by atoms with E-state index in [-0.39, 0.29) is 12.5 Å². The molecule has 308 valence electrons. The van der Waals surface area contributed by atoms with Crippen LogP contribution < -0.4 is 5.32 Å². The number of carbonyl (C=O) groups is 1. The summed E-state index contributed by atoms with van der Waals surface area (Å²) in [6, 6.07) is -0.718. The maximum absolute atomic E-state index is 12.9. The van der Waals surface area contributed by atoms with Crippen LogP contribution in [0.25, 0.3) is 0 Å². The number of hydrogen-bond donors (Lipinski definition) is 6. The average Bonchev–Trinajstić information content (AvgIpc) is 3.14. The van der Waals surface area contributed by atoms with Crippen LogP contribution in [0.3, 0.4) is 0 Å². The first-order valence-electron chi connectivity index (χ1n) is 21.9. The molecule has 1 aliphatic rings. The van der Waals surface area contributed by atoms with Gasteiger partial charge in [-0.25, -0.2) is 0 Å². The summed E-state index contributed by atoms with van der Waals surface area (Å²) in [5.74, 6) is -0.153. The van der Waals surface area contributed by atoms with Crippen LogP contribution in [0.15, 0.2) is 12.2 Å². The van der Waals surface area contributed by atoms with Crippen molar-refractivity contribution in [2.24, 2.45) is 0 Å². The van der Waals surface area contributed by atoms with Gasteiger partial charge in [0.2, 0.25) is 5.91 Å². The van der Waals surface area contributed by atoms with Crippen molar-refractivity contribution in [3.8, 4) is 0 Å². The lowest BCUT2D eigenvalue weighted by Crippen LogP contribution is -2.60. The normalized spacial score (nSPS) is 21.9. The van der Waals surface area contributed by atoms with E-state index in [1.807, 2.05) is 0 Å². The second-order valence-corrected chi connectivity index (χ2v) is 15.5. The van der Waals surface area contributed by atoms with Crippen molar-refractivity contribution in [2.75, 3.05) is 13.2 Å². The lowest BCUT2D eigenvalue weighted by Gasteiger charge is -2.40. The molecule has 6 N–H and O–H groups in total. The molecule has 1 saturated heterocycles. The van der Waals surface area contributed by atoms with Crippen molar-refractivity contribution in [1.29, 1.82) is 0 Å². The van der Waals surface area contributed by atoms with Crippen LogP contribution in [0.1, 0.15) is 200 Å². The van der Waals surface area contributed by atoms with Gasteiger partial charge < -0.3 is 40.3 Å². The third-order valence-electron chi connectivity index (χ3n) is 10.6. The molecule has 1 rings (SSSR count). The highest BCUT2D eigenvalue weighted by Crippen LogP contribution is 2.23. The zero-order valence-electron chi connectivity index (χ0n) is 33.6. The molecule has 1 fully saturated rings. The minimum absolute atomic E-state index is 0.138. The summed E-state index contributed by atoms with van der Waals surface area (Å²) in [5.41, 5.74) is 0. The summed E-state index contributed by atoms with van der Waals surface area (Å²) in [7, 11) is 0.